The fourth-order valence-corrected chi connectivity index (χ4v) is 5.59. The fraction of sp³-hybridized carbons (Fsp3) is 0.889. The van der Waals surface area contributed by atoms with E-state index in [1.807, 2.05) is 0 Å². The summed E-state index contributed by atoms with van der Waals surface area (Å²) in [6.45, 7) is 6.02. The Morgan fingerprint density at radius 2 is 1.77 bits per heavy atom. The number of carbonyl (C=O) groups excluding carboxylic acids is 2. The van der Waals surface area contributed by atoms with Crippen LogP contribution in [0.3, 0.4) is 0 Å². The number of esters is 2. The lowest BCUT2D eigenvalue weighted by molar-refractivity contribution is -0.276. The van der Waals surface area contributed by atoms with Crippen LogP contribution in [0.15, 0.2) is 0 Å². The van der Waals surface area contributed by atoms with Crippen molar-refractivity contribution in [3.63, 3.8) is 0 Å². The van der Waals surface area contributed by atoms with E-state index in [0.29, 0.717) is 6.42 Å². The van der Waals surface area contributed by atoms with Gasteiger partial charge in [0.2, 0.25) is 0 Å². The Morgan fingerprint density at radius 1 is 1.13 bits per heavy atom. The number of carbonyl (C=O) groups is 2. The number of ether oxygens (including phenoxy) is 5. The first-order valence-electron chi connectivity index (χ1n) is 9.95. The molecule has 178 valence electrons. The molecular formula is C18H30NO11P. The highest BCUT2D eigenvalue weighted by Gasteiger charge is 2.62. The van der Waals surface area contributed by atoms with Crippen molar-refractivity contribution in [2.45, 2.75) is 76.3 Å². The van der Waals surface area contributed by atoms with Gasteiger partial charge in [-0.3, -0.25) is 19.0 Å². The first-order valence-corrected chi connectivity index (χ1v) is 11.6. The molecule has 0 bridgehead atoms. The molecule has 31 heavy (non-hydrogen) atoms. The summed E-state index contributed by atoms with van der Waals surface area (Å²) in [5.74, 6) is -2.80. The molecule has 6 atom stereocenters. The maximum Gasteiger partial charge on any atom is 0.349 e. The third-order valence-corrected chi connectivity index (χ3v) is 7.47. The van der Waals surface area contributed by atoms with E-state index in [0.717, 1.165) is 0 Å². The molecular weight excluding hydrogens is 437 g/mol. The SMILES string of the molecule is COP(=O)(OC)[C@@H]1CCON1[C@H]1O[C@H]([C@@H](COC(C)=O)OC(C)=O)[C@@H]2OC(C)(C)O[C@@H]21. The van der Waals surface area contributed by atoms with Crippen molar-refractivity contribution >= 4 is 19.5 Å². The molecule has 0 aromatic carbocycles. The van der Waals surface area contributed by atoms with Gasteiger partial charge in [-0.1, -0.05) is 0 Å². The second-order valence-electron chi connectivity index (χ2n) is 7.87. The van der Waals surface area contributed by atoms with Crippen molar-refractivity contribution in [2.24, 2.45) is 0 Å². The molecule has 0 unspecified atom stereocenters. The summed E-state index contributed by atoms with van der Waals surface area (Å²) in [4.78, 5) is 28.7. The summed E-state index contributed by atoms with van der Waals surface area (Å²) >= 11 is 0. The van der Waals surface area contributed by atoms with Gasteiger partial charge in [0.1, 0.15) is 30.7 Å². The highest BCUT2D eigenvalue weighted by molar-refractivity contribution is 7.54. The zero-order valence-corrected chi connectivity index (χ0v) is 19.4. The molecule has 0 saturated carbocycles. The summed E-state index contributed by atoms with van der Waals surface area (Å²) in [5, 5.41) is 1.41. The van der Waals surface area contributed by atoms with E-state index in [-0.39, 0.29) is 13.2 Å². The molecule has 3 rings (SSSR count). The molecule has 0 aromatic heterocycles. The Morgan fingerprint density at radius 3 is 2.35 bits per heavy atom. The minimum Gasteiger partial charge on any atom is -0.462 e. The zero-order chi connectivity index (χ0) is 23.0. The van der Waals surface area contributed by atoms with Crippen LogP contribution in [0.25, 0.3) is 0 Å². The predicted molar refractivity (Wildman–Crippen MR) is 102 cm³/mol. The van der Waals surface area contributed by atoms with Crippen molar-refractivity contribution in [2.75, 3.05) is 27.4 Å². The van der Waals surface area contributed by atoms with Crippen LogP contribution in [0.1, 0.15) is 34.1 Å². The van der Waals surface area contributed by atoms with Crippen molar-refractivity contribution in [1.82, 2.24) is 5.06 Å². The molecule has 3 fully saturated rings. The Balaban J connectivity index is 1.89. The molecule has 0 aromatic rings. The van der Waals surface area contributed by atoms with E-state index in [4.69, 9.17) is 37.6 Å². The Labute approximate surface area is 180 Å². The summed E-state index contributed by atoms with van der Waals surface area (Å²) in [7, 11) is -0.925. The van der Waals surface area contributed by atoms with E-state index >= 15 is 0 Å². The van der Waals surface area contributed by atoms with Crippen LogP contribution in [0.4, 0.5) is 0 Å². The Bertz CT molecular complexity index is 723. The van der Waals surface area contributed by atoms with E-state index in [1.54, 1.807) is 13.8 Å². The van der Waals surface area contributed by atoms with Gasteiger partial charge in [0.15, 0.2) is 18.1 Å². The number of hydrogen-bond acceptors (Lipinski definition) is 12. The smallest absolute Gasteiger partial charge is 0.349 e. The molecule has 3 heterocycles. The van der Waals surface area contributed by atoms with Crippen molar-refractivity contribution in [3.05, 3.63) is 0 Å². The number of nitrogens with zero attached hydrogens (tertiary/aromatic N) is 1. The summed E-state index contributed by atoms with van der Waals surface area (Å²) in [5.41, 5.74) is 0. The Kier molecular flexibility index (Phi) is 7.44. The lowest BCUT2D eigenvalue weighted by Gasteiger charge is -2.34. The first-order chi connectivity index (χ1) is 14.5. The Hall–Kier alpha value is -1.11. The standard InChI is InChI=1S/C18H30NO11P/c1-10(20)25-9-12(27-11(2)21)14-15-16(30-18(3,4)29-15)17(28-14)19-13(7-8-26-19)31(22,23-5)24-6/h12-17H,7-9H2,1-6H3/t12-,13-,14-,15+,16+,17+/m1/s1. The van der Waals surface area contributed by atoms with Crippen molar-refractivity contribution in [1.29, 1.82) is 0 Å². The molecule has 12 nitrogen and oxygen atoms in total. The summed E-state index contributed by atoms with van der Waals surface area (Å²) in [6.07, 6.45) is -3.61. The van der Waals surface area contributed by atoms with Crippen molar-refractivity contribution in [3.8, 4) is 0 Å². The van der Waals surface area contributed by atoms with Crippen molar-refractivity contribution < 1.29 is 51.7 Å². The van der Waals surface area contributed by atoms with Gasteiger partial charge >= 0.3 is 19.5 Å². The van der Waals surface area contributed by atoms with Gasteiger partial charge in [-0.25, -0.2) is 0 Å². The van der Waals surface area contributed by atoms with Gasteiger partial charge in [-0.15, -0.1) is 5.06 Å². The maximum absolute atomic E-state index is 13.1. The molecule has 0 N–H and O–H groups in total. The molecule has 0 aliphatic carbocycles. The molecule has 3 aliphatic rings. The zero-order valence-electron chi connectivity index (χ0n) is 18.5. The number of fused-ring (bicyclic) bond motifs is 1. The predicted octanol–water partition coefficient (Wildman–Crippen LogP) is 1.18. The van der Waals surface area contributed by atoms with E-state index in [9.17, 15) is 14.2 Å². The number of hydroxylamine groups is 2. The monoisotopic (exact) mass is 467 g/mol. The third-order valence-electron chi connectivity index (χ3n) is 5.23. The van der Waals surface area contributed by atoms with Crippen LogP contribution in [-0.4, -0.2) is 86.6 Å². The van der Waals surface area contributed by atoms with Crippen LogP contribution >= 0.6 is 7.60 Å². The quantitative estimate of drug-likeness (QED) is 0.375. The second kappa shape index (κ2) is 9.40. The van der Waals surface area contributed by atoms with Crippen LogP contribution in [0, 0.1) is 0 Å². The van der Waals surface area contributed by atoms with Gasteiger partial charge in [-0.2, -0.15) is 0 Å². The summed E-state index contributed by atoms with van der Waals surface area (Å²) < 4.78 is 52.1. The van der Waals surface area contributed by atoms with Gasteiger partial charge in [0.25, 0.3) is 0 Å². The minimum absolute atomic E-state index is 0.224. The van der Waals surface area contributed by atoms with E-state index in [2.05, 4.69) is 0 Å². The molecule has 3 aliphatic heterocycles. The minimum atomic E-state index is -3.53. The largest absolute Gasteiger partial charge is 0.462 e. The van der Waals surface area contributed by atoms with Crippen LogP contribution in [-0.2, 0) is 51.7 Å². The van der Waals surface area contributed by atoms with E-state index < -0.39 is 61.7 Å². The molecule has 0 spiro atoms. The van der Waals surface area contributed by atoms with Gasteiger partial charge < -0.3 is 32.7 Å². The fourth-order valence-electron chi connectivity index (χ4n) is 4.06. The first kappa shape index (κ1) is 24.5. The van der Waals surface area contributed by atoms with Gasteiger partial charge in [0.05, 0.1) is 6.61 Å². The average molecular weight is 467 g/mol. The summed E-state index contributed by atoms with van der Waals surface area (Å²) in [6, 6.07) is 0. The topological polar surface area (TPSA) is 128 Å². The number of rotatable bonds is 8. The molecule has 13 heteroatoms. The molecule has 0 radical (unpaired) electrons. The lowest BCUT2D eigenvalue weighted by Crippen LogP contribution is -2.46. The molecule has 0 amide bonds. The van der Waals surface area contributed by atoms with Crippen LogP contribution in [0.2, 0.25) is 0 Å². The highest BCUT2D eigenvalue weighted by atomic mass is 31.2. The second-order valence-corrected chi connectivity index (χ2v) is 10.3. The molecule has 3 saturated heterocycles. The van der Waals surface area contributed by atoms with Gasteiger partial charge in [0, 0.05) is 34.5 Å². The maximum atomic E-state index is 13.1. The lowest BCUT2D eigenvalue weighted by atomic mass is 10.1. The van der Waals surface area contributed by atoms with Gasteiger partial charge in [-0.05, 0) is 13.8 Å². The van der Waals surface area contributed by atoms with Crippen LogP contribution < -0.4 is 0 Å². The average Bonchev–Trinajstić information content (AvgIpc) is 3.37. The highest BCUT2D eigenvalue weighted by Crippen LogP contribution is 2.57. The number of hydrogen-bond donors (Lipinski definition) is 0. The third kappa shape index (κ3) is 5.12. The normalized spacial score (nSPS) is 33.8. The van der Waals surface area contributed by atoms with E-state index in [1.165, 1.54) is 33.1 Å². The van der Waals surface area contributed by atoms with Crippen LogP contribution in [0.5, 0.6) is 0 Å².